The number of alkyl halides is 3. The number of aryl methyl sites for hydroxylation is 1. The van der Waals surface area contributed by atoms with Gasteiger partial charge in [0.1, 0.15) is 17.1 Å². The molecule has 0 aliphatic carbocycles. The van der Waals surface area contributed by atoms with E-state index in [1.54, 1.807) is 32.0 Å². The van der Waals surface area contributed by atoms with Crippen LogP contribution in [0.5, 0.6) is 0 Å². The predicted molar refractivity (Wildman–Crippen MR) is 96.2 cm³/mol. The number of nitrogens with one attached hydrogen (secondary N) is 1. The SMILES string of the molecule is Cc1[nH]c2c(N3CCOC(C(=O)N(C)C)C3)c(C#N)c(C(F)(F)F)nc2c1Cl. The zero-order chi connectivity index (χ0) is 20.8. The Morgan fingerprint density at radius 2 is 2.14 bits per heavy atom. The van der Waals surface area contributed by atoms with Crippen LogP contribution in [0.1, 0.15) is 17.0 Å². The third-order valence-corrected chi connectivity index (χ3v) is 4.96. The molecule has 0 aromatic carbocycles. The molecular weight excluding hydrogens is 399 g/mol. The molecule has 28 heavy (non-hydrogen) atoms. The topological polar surface area (TPSA) is 85.2 Å². The van der Waals surface area contributed by atoms with E-state index in [9.17, 15) is 23.2 Å². The van der Waals surface area contributed by atoms with Crippen molar-refractivity contribution in [3.63, 3.8) is 0 Å². The summed E-state index contributed by atoms with van der Waals surface area (Å²) in [7, 11) is 3.12. The minimum absolute atomic E-state index is 0.00219. The Morgan fingerprint density at radius 1 is 1.46 bits per heavy atom. The highest BCUT2D eigenvalue weighted by molar-refractivity contribution is 6.36. The molecule has 0 bridgehead atoms. The first-order valence-corrected chi connectivity index (χ1v) is 8.70. The summed E-state index contributed by atoms with van der Waals surface area (Å²) in [6.45, 7) is 1.92. The van der Waals surface area contributed by atoms with Crippen molar-refractivity contribution in [2.45, 2.75) is 19.2 Å². The number of hydrogen-bond donors (Lipinski definition) is 1. The summed E-state index contributed by atoms with van der Waals surface area (Å²) >= 11 is 6.14. The van der Waals surface area contributed by atoms with Crippen LogP contribution in [0.3, 0.4) is 0 Å². The van der Waals surface area contributed by atoms with Crippen molar-refractivity contribution in [2.24, 2.45) is 0 Å². The largest absolute Gasteiger partial charge is 0.434 e. The number of H-pyrrole nitrogens is 1. The number of aromatic nitrogens is 2. The number of likely N-dealkylation sites (N-methyl/N-ethyl adjacent to an activating group) is 1. The van der Waals surface area contributed by atoms with Gasteiger partial charge in [0.25, 0.3) is 5.91 Å². The number of aromatic amines is 1. The average Bonchev–Trinajstić information content (AvgIpc) is 2.92. The molecule has 1 N–H and O–H groups in total. The van der Waals surface area contributed by atoms with Crippen LogP contribution >= 0.6 is 11.6 Å². The van der Waals surface area contributed by atoms with Gasteiger partial charge in [-0.1, -0.05) is 11.6 Å². The van der Waals surface area contributed by atoms with Gasteiger partial charge in [-0.15, -0.1) is 0 Å². The zero-order valence-corrected chi connectivity index (χ0v) is 16.1. The van der Waals surface area contributed by atoms with Crippen LogP contribution in [-0.4, -0.2) is 60.7 Å². The van der Waals surface area contributed by atoms with Gasteiger partial charge < -0.3 is 19.5 Å². The lowest BCUT2D eigenvalue weighted by molar-refractivity contribution is -0.142. The number of fused-ring (bicyclic) bond motifs is 1. The van der Waals surface area contributed by atoms with E-state index in [0.717, 1.165) is 0 Å². The molecule has 1 unspecified atom stereocenters. The molecular formula is C17H17ClF3N5O2. The van der Waals surface area contributed by atoms with Crippen molar-refractivity contribution in [2.75, 3.05) is 38.7 Å². The fourth-order valence-electron chi connectivity index (χ4n) is 3.19. The molecule has 1 atom stereocenters. The number of carbonyl (C=O) groups is 1. The second kappa shape index (κ2) is 7.14. The van der Waals surface area contributed by atoms with Crippen molar-refractivity contribution in [3.8, 4) is 6.07 Å². The number of amides is 1. The summed E-state index contributed by atoms with van der Waals surface area (Å²) in [5.74, 6) is -0.315. The number of nitriles is 1. The van der Waals surface area contributed by atoms with Gasteiger partial charge in [0, 0.05) is 26.3 Å². The smallest absolute Gasteiger partial charge is 0.365 e. The van der Waals surface area contributed by atoms with Gasteiger partial charge in [0.2, 0.25) is 0 Å². The van der Waals surface area contributed by atoms with E-state index < -0.39 is 23.5 Å². The quantitative estimate of drug-likeness (QED) is 0.815. The van der Waals surface area contributed by atoms with Crippen LogP contribution in [0, 0.1) is 18.3 Å². The van der Waals surface area contributed by atoms with Gasteiger partial charge >= 0.3 is 6.18 Å². The Labute approximate surface area is 163 Å². The van der Waals surface area contributed by atoms with Crippen molar-refractivity contribution >= 4 is 34.2 Å². The van der Waals surface area contributed by atoms with Crippen LogP contribution in [0.15, 0.2) is 0 Å². The monoisotopic (exact) mass is 415 g/mol. The minimum Gasteiger partial charge on any atom is -0.365 e. The Bertz CT molecular complexity index is 980. The lowest BCUT2D eigenvalue weighted by atomic mass is 10.1. The van der Waals surface area contributed by atoms with E-state index in [1.165, 1.54) is 4.90 Å². The highest BCUT2D eigenvalue weighted by Crippen LogP contribution is 2.41. The molecule has 7 nitrogen and oxygen atoms in total. The summed E-state index contributed by atoms with van der Waals surface area (Å²) in [6, 6.07) is 1.63. The van der Waals surface area contributed by atoms with E-state index in [4.69, 9.17) is 16.3 Å². The fraction of sp³-hybridized carbons (Fsp3) is 0.471. The number of carbonyl (C=O) groups excluding carboxylic acids is 1. The number of nitrogens with zero attached hydrogens (tertiary/aromatic N) is 4. The summed E-state index contributed by atoms with van der Waals surface area (Å²) < 4.78 is 46.2. The van der Waals surface area contributed by atoms with E-state index >= 15 is 0 Å². The molecule has 3 rings (SSSR count). The van der Waals surface area contributed by atoms with Crippen LogP contribution in [-0.2, 0) is 15.7 Å². The van der Waals surface area contributed by atoms with E-state index in [2.05, 4.69) is 9.97 Å². The molecule has 0 spiro atoms. The molecule has 0 saturated carbocycles. The van der Waals surface area contributed by atoms with Crippen molar-refractivity contribution in [1.82, 2.24) is 14.9 Å². The Kier molecular flexibility index (Phi) is 5.16. The minimum atomic E-state index is -4.84. The highest BCUT2D eigenvalue weighted by Gasteiger charge is 2.40. The molecule has 150 valence electrons. The number of ether oxygens (including phenoxy) is 1. The lowest BCUT2D eigenvalue weighted by Crippen LogP contribution is -2.50. The summed E-state index contributed by atoms with van der Waals surface area (Å²) in [4.78, 5) is 21.7. The van der Waals surface area contributed by atoms with E-state index in [1.807, 2.05) is 0 Å². The second-order valence-electron chi connectivity index (χ2n) is 6.62. The predicted octanol–water partition coefficient (Wildman–Crippen LogP) is 2.71. The molecule has 11 heteroatoms. The number of hydrogen-bond acceptors (Lipinski definition) is 5. The summed E-state index contributed by atoms with van der Waals surface area (Å²) in [5.41, 5.74) is -1.30. The second-order valence-corrected chi connectivity index (χ2v) is 7.00. The molecule has 0 radical (unpaired) electrons. The standard InChI is InChI=1S/C17H17ClF3N5O2/c1-8-11(18)12-13(23-8)14(9(6-22)15(24-12)17(19,20)21)26-4-5-28-10(7-26)16(27)25(2)3/h10,23H,4-5,7H2,1-3H3. The first-order valence-electron chi connectivity index (χ1n) is 8.33. The zero-order valence-electron chi connectivity index (χ0n) is 15.3. The molecule has 3 heterocycles. The fourth-order valence-corrected chi connectivity index (χ4v) is 3.37. The third kappa shape index (κ3) is 3.36. The van der Waals surface area contributed by atoms with Gasteiger partial charge in [-0.3, -0.25) is 4.79 Å². The molecule has 1 saturated heterocycles. The lowest BCUT2D eigenvalue weighted by Gasteiger charge is -2.35. The average molecular weight is 416 g/mol. The molecule has 2 aromatic heterocycles. The van der Waals surface area contributed by atoms with Crippen LogP contribution < -0.4 is 4.90 Å². The molecule has 1 fully saturated rings. The third-order valence-electron chi connectivity index (χ3n) is 4.50. The first-order chi connectivity index (χ1) is 13.1. The number of halogens is 4. The van der Waals surface area contributed by atoms with Crippen LogP contribution in [0.25, 0.3) is 11.0 Å². The molecule has 2 aromatic rings. The normalized spacial score (nSPS) is 17.6. The van der Waals surface area contributed by atoms with Crippen LogP contribution in [0.4, 0.5) is 18.9 Å². The number of rotatable bonds is 2. The van der Waals surface area contributed by atoms with Gasteiger partial charge in [-0.25, -0.2) is 4.98 Å². The van der Waals surface area contributed by atoms with Gasteiger partial charge in [0.05, 0.1) is 29.4 Å². The van der Waals surface area contributed by atoms with Gasteiger partial charge in [0.15, 0.2) is 11.8 Å². The van der Waals surface area contributed by atoms with Crippen molar-refractivity contribution < 1.29 is 22.7 Å². The maximum atomic E-state index is 13.6. The molecule has 1 amide bonds. The maximum Gasteiger partial charge on any atom is 0.434 e. The molecule has 1 aliphatic rings. The number of morpholine rings is 1. The van der Waals surface area contributed by atoms with Crippen molar-refractivity contribution in [1.29, 1.82) is 5.26 Å². The Hall–Kier alpha value is -2.51. The summed E-state index contributed by atoms with van der Waals surface area (Å²) in [5, 5.41) is 9.58. The molecule has 1 aliphatic heterocycles. The van der Waals surface area contributed by atoms with Gasteiger partial charge in [-0.2, -0.15) is 18.4 Å². The Balaban J connectivity index is 2.23. The summed E-state index contributed by atoms with van der Waals surface area (Å²) in [6.07, 6.45) is -5.70. The van der Waals surface area contributed by atoms with Gasteiger partial charge in [-0.05, 0) is 6.92 Å². The number of pyridine rings is 1. The number of anilines is 1. The van der Waals surface area contributed by atoms with Crippen LogP contribution in [0.2, 0.25) is 5.02 Å². The maximum absolute atomic E-state index is 13.6. The highest BCUT2D eigenvalue weighted by atomic mass is 35.5. The van der Waals surface area contributed by atoms with Crippen molar-refractivity contribution in [3.05, 3.63) is 22.0 Å². The Morgan fingerprint density at radius 3 is 2.71 bits per heavy atom. The first kappa shape index (κ1) is 20.2. The van der Waals surface area contributed by atoms with E-state index in [0.29, 0.717) is 5.69 Å². The van der Waals surface area contributed by atoms with E-state index in [-0.39, 0.29) is 47.3 Å².